The highest BCUT2D eigenvalue weighted by Gasteiger charge is 2.01. The molecule has 0 aliphatic rings. The maximum atomic E-state index is 5.74. The Morgan fingerprint density at radius 2 is 1.90 bits per heavy atom. The summed E-state index contributed by atoms with van der Waals surface area (Å²) >= 11 is 3.40. The molecule has 0 unspecified atom stereocenters. The molecule has 0 spiro atoms. The molecule has 0 aliphatic heterocycles. The quantitative estimate of drug-likeness (QED) is 0.851. The highest BCUT2D eigenvalue weighted by atomic mass is 79.9. The fourth-order valence-corrected chi connectivity index (χ4v) is 1.99. The lowest BCUT2D eigenvalue weighted by Gasteiger charge is -2.09. The largest absolute Gasteiger partial charge is 0.439 e. The zero-order chi connectivity index (χ0) is 14.4. The van der Waals surface area contributed by atoms with Gasteiger partial charge in [-0.2, -0.15) is 0 Å². The Morgan fingerprint density at radius 1 is 1.15 bits per heavy atom. The Hall–Kier alpha value is -1.39. The van der Waals surface area contributed by atoms with E-state index < -0.39 is 0 Å². The van der Waals surface area contributed by atoms with Crippen LogP contribution in [0.2, 0.25) is 0 Å². The van der Waals surface area contributed by atoms with Gasteiger partial charge in [0.15, 0.2) is 0 Å². The maximum absolute atomic E-state index is 5.74. The van der Waals surface area contributed by atoms with Crippen LogP contribution in [0.25, 0.3) is 0 Å². The number of pyridine rings is 1. The van der Waals surface area contributed by atoms with Crippen LogP contribution in [-0.4, -0.2) is 11.5 Å². The minimum absolute atomic E-state index is 0.621. The van der Waals surface area contributed by atoms with Crippen molar-refractivity contribution in [2.24, 2.45) is 5.92 Å². The van der Waals surface area contributed by atoms with Gasteiger partial charge in [-0.25, -0.2) is 4.98 Å². The molecule has 2 rings (SSSR count). The van der Waals surface area contributed by atoms with Gasteiger partial charge in [0, 0.05) is 17.1 Å². The van der Waals surface area contributed by atoms with E-state index in [9.17, 15) is 0 Å². The van der Waals surface area contributed by atoms with Gasteiger partial charge in [-0.1, -0.05) is 35.8 Å². The number of halogens is 1. The summed E-state index contributed by atoms with van der Waals surface area (Å²) in [6.07, 6.45) is 0. The van der Waals surface area contributed by atoms with Crippen LogP contribution >= 0.6 is 15.9 Å². The van der Waals surface area contributed by atoms with Crippen molar-refractivity contribution in [1.82, 2.24) is 10.3 Å². The number of nitrogens with zero attached hydrogens (tertiary/aromatic N) is 1. The molecular weight excluding hydrogens is 316 g/mol. The van der Waals surface area contributed by atoms with Crippen LogP contribution in [0.15, 0.2) is 46.9 Å². The molecule has 0 saturated heterocycles. The zero-order valence-corrected chi connectivity index (χ0v) is 13.4. The Labute approximate surface area is 128 Å². The molecule has 4 heteroatoms. The van der Waals surface area contributed by atoms with Gasteiger partial charge >= 0.3 is 0 Å². The second-order valence-electron chi connectivity index (χ2n) is 5.05. The lowest BCUT2D eigenvalue weighted by atomic mass is 10.2. The minimum Gasteiger partial charge on any atom is -0.439 e. The Balaban J connectivity index is 1.96. The molecule has 0 atom stereocenters. The van der Waals surface area contributed by atoms with Crippen molar-refractivity contribution >= 4 is 15.9 Å². The molecular formula is C16H19BrN2O. The van der Waals surface area contributed by atoms with Crippen molar-refractivity contribution in [2.45, 2.75) is 20.4 Å². The van der Waals surface area contributed by atoms with E-state index in [-0.39, 0.29) is 0 Å². The van der Waals surface area contributed by atoms with E-state index in [0.29, 0.717) is 11.8 Å². The first-order valence-corrected chi connectivity index (χ1v) is 7.53. The number of nitrogens with one attached hydrogen (secondary N) is 1. The lowest BCUT2D eigenvalue weighted by Crippen LogP contribution is -2.19. The van der Waals surface area contributed by atoms with E-state index in [1.807, 2.05) is 42.5 Å². The fourth-order valence-electron chi connectivity index (χ4n) is 1.73. The molecule has 2 aromatic rings. The molecule has 0 amide bonds. The molecule has 0 aliphatic carbocycles. The van der Waals surface area contributed by atoms with Gasteiger partial charge in [-0.05, 0) is 42.8 Å². The number of aromatic nitrogens is 1. The van der Waals surface area contributed by atoms with E-state index in [2.05, 4.69) is 40.1 Å². The van der Waals surface area contributed by atoms with Gasteiger partial charge in [0.25, 0.3) is 0 Å². The molecule has 0 bridgehead atoms. The first-order valence-electron chi connectivity index (χ1n) is 6.73. The molecule has 106 valence electrons. The van der Waals surface area contributed by atoms with Crippen LogP contribution in [0.5, 0.6) is 11.6 Å². The summed E-state index contributed by atoms with van der Waals surface area (Å²) in [7, 11) is 0. The maximum Gasteiger partial charge on any atom is 0.219 e. The highest BCUT2D eigenvalue weighted by Crippen LogP contribution is 2.21. The standard InChI is InChI=1S/C16H19BrN2O/c1-12(2)10-18-11-14-4-3-5-16(19-14)20-15-8-6-13(17)7-9-15/h3-9,12,18H,10-11H2,1-2H3. The summed E-state index contributed by atoms with van der Waals surface area (Å²) in [5.74, 6) is 2.04. The molecule has 0 radical (unpaired) electrons. The summed E-state index contributed by atoms with van der Waals surface area (Å²) in [6, 6.07) is 13.6. The molecule has 1 heterocycles. The molecule has 1 aromatic heterocycles. The second kappa shape index (κ2) is 7.41. The van der Waals surface area contributed by atoms with Crippen molar-refractivity contribution in [3.8, 4) is 11.6 Å². The third-order valence-corrected chi connectivity index (χ3v) is 3.20. The lowest BCUT2D eigenvalue weighted by molar-refractivity contribution is 0.458. The fraction of sp³-hybridized carbons (Fsp3) is 0.312. The van der Waals surface area contributed by atoms with Crippen LogP contribution < -0.4 is 10.1 Å². The minimum atomic E-state index is 0.621. The van der Waals surface area contributed by atoms with E-state index in [1.165, 1.54) is 0 Å². The van der Waals surface area contributed by atoms with Crippen LogP contribution in [0, 0.1) is 5.92 Å². The Bertz CT molecular complexity index is 540. The number of hydrogen-bond donors (Lipinski definition) is 1. The smallest absolute Gasteiger partial charge is 0.219 e. The molecule has 1 aromatic carbocycles. The average Bonchev–Trinajstić information content (AvgIpc) is 2.41. The number of benzene rings is 1. The zero-order valence-electron chi connectivity index (χ0n) is 11.8. The van der Waals surface area contributed by atoms with Gasteiger partial charge in [-0.3, -0.25) is 0 Å². The first kappa shape index (κ1) is 15.0. The molecule has 20 heavy (non-hydrogen) atoms. The predicted octanol–water partition coefficient (Wildman–Crippen LogP) is 4.38. The second-order valence-corrected chi connectivity index (χ2v) is 5.96. The molecule has 1 N–H and O–H groups in total. The summed E-state index contributed by atoms with van der Waals surface area (Å²) in [6.45, 7) is 6.12. The van der Waals surface area contributed by atoms with Crippen molar-refractivity contribution < 1.29 is 4.74 Å². The predicted molar refractivity (Wildman–Crippen MR) is 85.0 cm³/mol. The number of hydrogen-bond acceptors (Lipinski definition) is 3. The number of rotatable bonds is 6. The Morgan fingerprint density at radius 3 is 2.60 bits per heavy atom. The van der Waals surface area contributed by atoms with E-state index in [0.717, 1.165) is 29.0 Å². The molecule has 0 fully saturated rings. The van der Waals surface area contributed by atoms with E-state index in [1.54, 1.807) is 0 Å². The molecule has 3 nitrogen and oxygen atoms in total. The van der Waals surface area contributed by atoms with Crippen molar-refractivity contribution in [3.63, 3.8) is 0 Å². The van der Waals surface area contributed by atoms with Crippen LogP contribution in [0.4, 0.5) is 0 Å². The third-order valence-electron chi connectivity index (χ3n) is 2.68. The first-order chi connectivity index (χ1) is 9.63. The Kier molecular flexibility index (Phi) is 5.56. The van der Waals surface area contributed by atoms with Gasteiger partial charge < -0.3 is 10.1 Å². The normalized spacial score (nSPS) is 10.8. The highest BCUT2D eigenvalue weighted by molar-refractivity contribution is 9.10. The van der Waals surface area contributed by atoms with Crippen molar-refractivity contribution in [3.05, 3.63) is 52.6 Å². The summed E-state index contributed by atoms with van der Waals surface area (Å²) < 4.78 is 6.77. The topological polar surface area (TPSA) is 34.1 Å². The third kappa shape index (κ3) is 4.94. The van der Waals surface area contributed by atoms with Gasteiger partial charge in [0.1, 0.15) is 5.75 Å². The van der Waals surface area contributed by atoms with Crippen molar-refractivity contribution in [1.29, 1.82) is 0 Å². The van der Waals surface area contributed by atoms with Crippen molar-refractivity contribution in [2.75, 3.05) is 6.54 Å². The summed E-state index contributed by atoms with van der Waals surface area (Å²) in [5, 5.41) is 3.38. The van der Waals surface area contributed by atoms with Gasteiger partial charge in [0.2, 0.25) is 5.88 Å². The van der Waals surface area contributed by atoms with Crippen LogP contribution in [0.1, 0.15) is 19.5 Å². The van der Waals surface area contributed by atoms with Crippen LogP contribution in [0.3, 0.4) is 0 Å². The summed E-state index contributed by atoms with van der Waals surface area (Å²) in [4.78, 5) is 4.49. The molecule has 0 saturated carbocycles. The van der Waals surface area contributed by atoms with E-state index in [4.69, 9.17) is 4.74 Å². The monoisotopic (exact) mass is 334 g/mol. The van der Waals surface area contributed by atoms with E-state index >= 15 is 0 Å². The SMILES string of the molecule is CC(C)CNCc1cccc(Oc2ccc(Br)cc2)n1. The van der Waals surface area contributed by atoms with Gasteiger partial charge in [-0.15, -0.1) is 0 Å². The van der Waals surface area contributed by atoms with Gasteiger partial charge in [0.05, 0.1) is 5.69 Å². The number of ether oxygens (including phenoxy) is 1. The summed E-state index contributed by atoms with van der Waals surface area (Å²) in [5.41, 5.74) is 0.986. The average molecular weight is 335 g/mol. The van der Waals surface area contributed by atoms with Crippen LogP contribution in [-0.2, 0) is 6.54 Å².